The van der Waals surface area contributed by atoms with Crippen LogP contribution in [0.5, 0.6) is 0 Å². The highest BCUT2D eigenvalue weighted by Crippen LogP contribution is 1.94. The highest BCUT2D eigenvalue weighted by atomic mass is 16.5. The van der Waals surface area contributed by atoms with Crippen LogP contribution in [0.2, 0.25) is 0 Å². The van der Waals surface area contributed by atoms with Crippen molar-refractivity contribution in [3.63, 3.8) is 0 Å². The van der Waals surface area contributed by atoms with Gasteiger partial charge in [-0.1, -0.05) is 13.8 Å². The standard InChI is InChI=1S/C12H23N3O2/c1-4-15(5-2)8-7-14-11(10-13)9-12(16)17-6-3/h11,14H,4-9H2,1-3H3. The lowest BCUT2D eigenvalue weighted by atomic mass is 10.2. The van der Waals surface area contributed by atoms with Crippen molar-refractivity contribution in [3.8, 4) is 6.07 Å². The molecular weight excluding hydrogens is 218 g/mol. The van der Waals surface area contributed by atoms with Gasteiger partial charge in [0.25, 0.3) is 0 Å². The summed E-state index contributed by atoms with van der Waals surface area (Å²) in [6.45, 7) is 9.89. The van der Waals surface area contributed by atoms with Crippen molar-refractivity contribution in [1.29, 1.82) is 5.26 Å². The number of carbonyl (C=O) groups excluding carboxylic acids is 1. The van der Waals surface area contributed by atoms with Crippen LogP contribution in [-0.4, -0.2) is 49.7 Å². The Hall–Kier alpha value is -1.12. The van der Waals surface area contributed by atoms with Gasteiger partial charge in [0.05, 0.1) is 19.1 Å². The Morgan fingerprint density at radius 2 is 2.06 bits per heavy atom. The summed E-state index contributed by atoms with van der Waals surface area (Å²) in [7, 11) is 0. The van der Waals surface area contributed by atoms with Crippen LogP contribution in [-0.2, 0) is 9.53 Å². The predicted molar refractivity (Wildman–Crippen MR) is 66.4 cm³/mol. The van der Waals surface area contributed by atoms with Gasteiger partial charge in [-0.25, -0.2) is 0 Å². The highest BCUT2D eigenvalue weighted by molar-refractivity contribution is 5.70. The van der Waals surface area contributed by atoms with Gasteiger partial charge in [-0.05, 0) is 20.0 Å². The second-order valence-corrected chi connectivity index (χ2v) is 3.67. The SMILES string of the molecule is CCOC(=O)CC(C#N)NCCN(CC)CC. The molecule has 0 spiro atoms. The minimum absolute atomic E-state index is 0.114. The summed E-state index contributed by atoms with van der Waals surface area (Å²) in [5.74, 6) is -0.325. The second kappa shape index (κ2) is 10.1. The minimum atomic E-state index is -0.454. The number of nitrogens with one attached hydrogen (secondary N) is 1. The van der Waals surface area contributed by atoms with E-state index in [0.717, 1.165) is 19.6 Å². The zero-order chi connectivity index (χ0) is 13.1. The Balaban J connectivity index is 3.83. The van der Waals surface area contributed by atoms with Crippen molar-refractivity contribution in [1.82, 2.24) is 10.2 Å². The first-order valence-electron chi connectivity index (χ1n) is 6.18. The van der Waals surface area contributed by atoms with Gasteiger partial charge in [-0.15, -0.1) is 0 Å². The molecule has 0 saturated heterocycles. The third-order valence-electron chi connectivity index (χ3n) is 2.55. The molecule has 0 aromatic rings. The van der Waals surface area contributed by atoms with E-state index in [1.807, 2.05) is 0 Å². The molecule has 0 radical (unpaired) electrons. The zero-order valence-electron chi connectivity index (χ0n) is 11.0. The Morgan fingerprint density at radius 1 is 1.41 bits per heavy atom. The van der Waals surface area contributed by atoms with E-state index >= 15 is 0 Å². The minimum Gasteiger partial charge on any atom is -0.466 e. The third kappa shape index (κ3) is 7.72. The van der Waals surface area contributed by atoms with Crippen LogP contribution in [0.15, 0.2) is 0 Å². The lowest BCUT2D eigenvalue weighted by Gasteiger charge is -2.19. The zero-order valence-corrected chi connectivity index (χ0v) is 11.0. The van der Waals surface area contributed by atoms with Crippen LogP contribution in [0.4, 0.5) is 0 Å². The molecule has 5 nitrogen and oxygen atoms in total. The monoisotopic (exact) mass is 241 g/mol. The van der Waals surface area contributed by atoms with E-state index in [9.17, 15) is 4.79 Å². The van der Waals surface area contributed by atoms with Gasteiger partial charge >= 0.3 is 5.97 Å². The normalized spacial score (nSPS) is 12.2. The number of carbonyl (C=O) groups is 1. The lowest BCUT2D eigenvalue weighted by Crippen LogP contribution is -2.37. The Morgan fingerprint density at radius 3 is 2.53 bits per heavy atom. The Kier molecular flexibility index (Phi) is 9.40. The van der Waals surface area contributed by atoms with Crippen LogP contribution in [0.3, 0.4) is 0 Å². The topological polar surface area (TPSA) is 65.4 Å². The second-order valence-electron chi connectivity index (χ2n) is 3.67. The molecule has 0 aromatic carbocycles. The van der Waals surface area contributed by atoms with Crippen molar-refractivity contribution in [3.05, 3.63) is 0 Å². The van der Waals surface area contributed by atoms with Crippen molar-refractivity contribution < 1.29 is 9.53 Å². The molecule has 1 atom stereocenters. The molecule has 0 aliphatic rings. The van der Waals surface area contributed by atoms with Gasteiger partial charge < -0.3 is 15.0 Å². The van der Waals surface area contributed by atoms with Crippen molar-refractivity contribution in [2.24, 2.45) is 0 Å². The van der Waals surface area contributed by atoms with E-state index in [-0.39, 0.29) is 12.4 Å². The molecule has 1 unspecified atom stereocenters. The van der Waals surface area contributed by atoms with Gasteiger partial charge in [0.1, 0.15) is 6.04 Å². The molecule has 0 amide bonds. The van der Waals surface area contributed by atoms with Gasteiger partial charge in [0.15, 0.2) is 0 Å². The molecule has 5 heteroatoms. The fraction of sp³-hybridized carbons (Fsp3) is 0.833. The smallest absolute Gasteiger partial charge is 0.308 e. The Bertz CT molecular complexity index is 247. The summed E-state index contributed by atoms with van der Waals surface area (Å²) in [5.41, 5.74) is 0. The number of hydrogen-bond acceptors (Lipinski definition) is 5. The van der Waals surface area contributed by atoms with Gasteiger partial charge in [-0.2, -0.15) is 5.26 Å². The number of esters is 1. The van der Waals surface area contributed by atoms with Crippen molar-refractivity contribution >= 4 is 5.97 Å². The molecule has 0 heterocycles. The van der Waals surface area contributed by atoms with Gasteiger partial charge in [0, 0.05) is 13.1 Å². The van der Waals surface area contributed by atoms with Crippen LogP contribution in [0.1, 0.15) is 27.2 Å². The number of likely N-dealkylation sites (N-methyl/N-ethyl adjacent to an activating group) is 1. The van der Waals surface area contributed by atoms with Crippen molar-refractivity contribution in [2.45, 2.75) is 33.2 Å². The first-order chi connectivity index (χ1) is 8.17. The van der Waals surface area contributed by atoms with Crippen LogP contribution in [0, 0.1) is 11.3 Å². The quantitative estimate of drug-likeness (QED) is 0.604. The summed E-state index contributed by atoms with van der Waals surface area (Å²) in [6, 6.07) is 1.62. The summed E-state index contributed by atoms with van der Waals surface area (Å²) < 4.78 is 4.80. The number of ether oxygens (including phenoxy) is 1. The first kappa shape index (κ1) is 15.9. The fourth-order valence-electron chi connectivity index (χ4n) is 1.49. The first-order valence-corrected chi connectivity index (χ1v) is 6.18. The molecule has 1 N–H and O–H groups in total. The summed E-state index contributed by atoms with van der Waals surface area (Å²) >= 11 is 0. The highest BCUT2D eigenvalue weighted by Gasteiger charge is 2.13. The van der Waals surface area contributed by atoms with E-state index in [2.05, 4.69) is 30.1 Å². The number of rotatable bonds is 9. The van der Waals surface area contributed by atoms with Crippen molar-refractivity contribution in [2.75, 3.05) is 32.8 Å². The average Bonchev–Trinajstić information content (AvgIpc) is 2.33. The molecule has 0 saturated carbocycles. The third-order valence-corrected chi connectivity index (χ3v) is 2.55. The van der Waals surface area contributed by atoms with E-state index in [0.29, 0.717) is 13.2 Å². The average molecular weight is 241 g/mol. The molecule has 0 bridgehead atoms. The fourth-order valence-corrected chi connectivity index (χ4v) is 1.49. The largest absolute Gasteiger partial charge is 0.466 e. The molecule has 0 fully saturated rings. The molecule has 17 heavy (non-hydrogen) atoms. The molecular formula is C12H23N3O2. The van der Waals surface area contributed by atoms with Gasteiger partial charge in [0.2, 0.25) is 0 Å². The van der Waals surface area contributed by atoms with Crippen LogP contribution in [0.25, 0.3) is 0 Å². The maximum Gasteiger partial charge on any atom is 0.308 e. The number of nitriles is 1. The summed E-state index contributed by atoms with van der Waals surface area (Å²) in [6.07, 6.45) is 0.114. The maximum atomic E-state index is 11.2. The summed E-state index contributed by atoms with van der Waals surface area (Å²) in [4.78, 5) is 13.5. The molecule has 98 valence electrons. The van der Waals surface area contributed by atoms with E-state index in [1.165, 1.54) is 0 Å². The van der Waals surface area contributed by atoms with Crippen LogP contribution < -0.4 is 5.32 Å². The van der Waals surface area contributed by atoms with E-state index in [1.54, 1.807) is 6.92 Å². The van der Waals surface area contributed by atoms with Gasteiger partial charge in [-0.3, -0.25) is 4.79 Å². The van der Waals surface area contributed by atoms with Crippen LogP contribution >= 0.6 is 0 Å². The maximum absolute atomic E-state index is 11.2. The molecule has 0 aromatic heterocycles. The summed E-state index contributed by atoms with van der Waals surface area (Å²) in [5, 5.41) is 11.9. The molecule has 0 aliphatic heterocycles. The molecule has 0 aliphatic carbocycles. The number of hydrogen-bond donors (Lipinski definition) is 1. The number of nitrogens with zero attached hydrogens (tertiary/aromatic N) is 2. The van der Waals surface area contributed by atoms with E-state index in [4.69, 9.17) is 10.00 Å². The lowest BCUT2D eigenvalue weighted by molar-refractivity contribution is -0.143. The Labute approximate surface area is 104 Å². The van der Waals surface area contributed by atoms with E-state index < -0.39 is 6.04 Å². The predicted octanol–water partition coefficient (Wildman–Crippen LogP) is 0.763. The molecule has 0 rings (SSSR count).